The van der Waals surface area contributed by atoms with Crippen molar-refractivity contribution in [1.82, 2.24) is 5.32 Å². The van der Waals surface area contributed by atoms with Crippen molar-refractivity contribution in [2.75, 3.05) is 27.4 Å². The van der Waals surface area contributed by atoms with Gasteiger partial charge in [0.25, 0.3) is 5.91 Å². The normalized spacial score (nSPS) is 11.6. The molecule has 0 aliphatic heterocycles. The zero-order valence-corrected chi connectivity index (χ0v) is 12.9. The number of carbonyl (C=O) groups excluding carboxylic acids is 2. The molecule has 0 saturated heterocycles. The van der Waals surface area contributed by atoms with Crippen molar-refractivity contribution in [2.45, 2.75) is 13.0 Å². The number of hydrogen-bond acceptors (Lipinski definition) is 5. The van der Waals surface area contributed by atoms with Gasteiger partial charge in [0, 0.05) is 18.2 Å². The van der Waals surface area contributed by atoms with Gasteiger partial charge in [-0.25, -0.2) is 4.79 Å². The molecule has 0 aliphatic rings. The van der Waals surface area contributed by atoms with Gasteiger partial charge in [-0.1, -0.05) is 11.6 Å². The Kier molecular flexibility index (Phi) is 6.98. The average Bonchev–Trinajstić information content (AvgIpc) is 2.45. The van der Waals surface area contributed by atoms with Gasteiger partial charge in [0.2, 0.25) is 0 Å². The predicted molar refractivity (Wildman–Crippen MR) is 77.8 cm³/mol. The van der Waals surface area contributed by atoms with E-state index in [1.54, 1.807) is 13.2 Å². The van der Waals surface area contributed by atoms with Crippen molar-refractivity contribution in [1.29, 1.82) is 0 Å². The SMILES string of the molecule is COC[C@H](C)NC(=O)COc1ccc(Cl)cc1C(=O)OC. The van der Waals surface area contributed by atoms with Gasteiger partial charge >= 0.3 is 5.97 Å². The largest absolute Gasteiger partial charge is 0.483 e. The number of nitrogens with one attached hydrogen (secondary N) is 1. The monoisotopic (exact) mass is 315 g/mol. The van der Waals surface area contributed by atoms with E-state index in [1.807, 2.05) is 6.92 Å². The maximum Gasteiger partial charge on any atom is 0.341 e. The fourth-order valence-electron chi connectivity index (χ4n) is 1.65. The Hall–Kier alpha value is -1.79. The first-order chi connectivity index (χ1) is 9.97. The number of methoxy groups -OCH3 is 2. The van der Waals surface area contributed by atoms with Crippen LogP contribution in [0.4, 0.5) is 0 Å². The molecule has 0 spiro atoms. The summed E-state index contributed by atoms with van der Waals surface area (Å²) in [5, 5.41) is 3.07. The third-order valence-electron chi connectivity index (χ3n) is 2.53. The van der Waals surface area contributed by atoms with Gasteiger partial charge in [0.1, 0.15) is 11.3 Å². The second-order valence-electron chi connectivity index (χ2n) is 4.34. The van der Waals surface area contributed by atoms with Crippen LogP contribution < -0.4 is 10.1 Å². The van der Waals surface area contributed by atoms with Crippen molar-refractivity contribution in [2.24, 2.45) is 0 Å². The van der Waals surface area contributed by atoms with Crippen LogP contribution in [-0.2, 0) is 14.3 Å². The Morgan fingerprint density at radius 1 is 1.33 bits per heavy atom. The first-order valence-electron chi connectivity index (χ1n) is 6.27. The highest BCUT2D eigenvalue weighted by atomic mass is 35.5. The Labute approximate surface area is 128 Å². The molecule has 0 radical (unpaired) electrons. The van der Waals surface area contributed by atoms with E-state index in [0.717, 1.165) is 0 Å². The number of rotatable bonds is 7. The molecule has 0 aliphatic carbocycles. The summed E-state index contributed by atoms with van der Waals surface area (Å²) in [5.74, 6) is -0.660. The van der Waals surface area contributed by atoms with Crippen LogP contribution in [0.3, 0.4) is 0 Å². The van der Waals surface area contributed by atoms with Gasteiger partial charge in [-0.05, 0) is 25.1 Å². The number of ether oxygens (including phenoxy) is 3. The van der Waals surface area contributed by atoms with Crippen molar-refractivity contribution in [3.63, 3.8) is 0 Å². The second-order valence-corrected chi connectivity index (χ2v) is 4.78. The fourth-order valence-corrected chi connectivity index (χ4v) is 1.82. The molecule has 1 atom stereocenters. The van der Waals surface area contributed by atoms with E-state index in [9.17, 15) is 9.59 Å². The molecule has 0 unspecified atom stereocenters. The summed E-state index contributed by atoms with van der Waals surface area (Å²) in [6.45, 7) is 1.99. The van der Waals surface area contributed by atoms with E-state index in [1.165, 1.54) is 19.2 Å². The summed E-state index contributed by atoms with van der Waals surface area (Å²) in [6.07, 6.45) is 0. The predicted octanol–water partition coefficient (Wildman–Crippen LogP) is 1.66. The van der Waals surface area contributed by atoms with Crippen LogP contribution in [0, 0.1) is 0 Å². The Morgan fingerprint density at radius 2 is 2.05 bits per heavy atom. The molecule has 1 aromatic rings. The summed E-state index contributed by atoms with van der Waals surface area (Å²) in [6, 6.07) is 4.38. The van der Waals surface area contributed by atoms with E-state index in [-0.39, 0.29) is 29.9 Å². The minimum atomic E-state index is -0.583. The Balaban J connectivity index is 2.67. The van der Waals surface area contributed by atoms with Gasteiger partial charge in [-0.15, -0.1) is 0 Å². The molecule has 0 heterocycles. The van der Waals surface area contributed by atoms with Crippen molar-refractivity contribution < 1.29 is 23.8 Å². The van der Waals surface area contributed by atoms with Gasteiger partial charge < -0.3 is 19.5 Å². The molecule has 1 amide bonds. The van der Waals surface area contributed by atoms with Crippen LogP contribution >= 0.6 is 11.6 Å². The fraction of sp³-hybridized carbons (Fsp3) is 0.429. The van der Waals surface area contributed by atoms with Crippen molar-refractivity contribution in [3.05, 3.63) is 28.8 Å². The minimum Gasteiger partial charge on any atom is -0.483 e. The zero-order chi connectivity index (χ0) is 15.8. The van der Waals surface area contributed by atoms with Gasteiger partial charge in [-0.3, -0.25) is 4.79 Å². The number of hydrogen-bond donors (Lipinski definition) is 1. The van der Waals surface area contributed by atoms with Crippen molar-refractivity contribution in [3.8, 4) is 5.75 Å². The molecule has 0 bridgehead atoms. The molecular formula is C14H18ClNO5. The van der Waals surface area contributed by atoms with Crippen LogP contribution in [0.5, 0.6) is 5.75 Å². The molecular weight excluding hydrogens is 298 g/mol. The van der Waals surface area contributed by atoms with E-state index in [4.69, 9.17) is 21.1 Å². The molecule has 0 fully saturated rings. The van der Waals surface area contributed by atoms with Crippen LogP contribution in [0.2, 0.25) is 5.02 Å². The summed E-state index contributed by atoms with van der Waals surface area (Å²) >= 11 is 5.83. The van der Waals surface area contributed by atoms with E-state index in [0.29, 0.717) is 11.6 Å². The molecule has 0 aromatic heterocycles. The number of halogens is 1. The van der Waals surface area contributed by atoms with E-state index < -0.39 is 5.97 Å². The zero-order valence-electron chi connectivity index (χ0n) is 12.1. The van der Waals surface area contributed by atoms with Gasteiger partial charge in [-0.2, -0.15) is 0 Å². The summed E-state index contributed by atoms with van der Waals surface area (Å²) in [7, 11) is 2.81. The summed E-state index contributed by atoms with van der Waals surface area (Å²) < 4.78 is 14.9. The standard InChI is InChI=1S/C14H18ClNO5/c1-9(7-19-2)16-13(17)8-21-12-5-4-10(15)6-11(12)14(18)20-3/h4-6,9H,7-8H2,1-3H3,(H,16,17)/t9-/m0/s1. The number of benzene rings is 1. The number of carbonyl (C=O) groups is 2. The minimum absolute atomic E-state index is 0.128. The van der Waals surface area contributed by atoms with E-state index >= 15 is 0 Å². The van der Waals surface area contributed by atoms with Crippen LogP contribution in [0.1, 0.15) is 17.3 Å². The third kappa shape index (κ3) is 5.61. The first-order valence-corrected chi connectivity index (χ1v) is 6.64. The van der Waals surface area contributed by atoms with Crippen LogP contribution in [0.25, 0.3) is 0 Å². The lowest BCUT2D eigenvalue weighted by atomic mass is 10.2. The molecule has 7 heteroatoms. The third-order valence-corrected chi connectivity index (χ3v) is 2.76. The second kappa shape index (κ2) is 8.49. The highest BCUT2D eigenvalue weighted by molar-refractivity contribution is 6.31. The van der Waals surface area contributed by atoms with Crippen LogP contribution in [-0.4, -0.2) is 45.4 Å². The number of amides is 1. The lowest BCUT2D eigenvalue weighted by Gasteiger charge is -2.14. The Morgan fingerprint density at radius 3 is 2.67 bits per heavy atom. The first kappa shape index (κ1) is 17.3. The maximum absolute atomic E-state index is 11.7. The average molecular weight is 316 g/mol. The highest BCUT2D eigenvalue weighted by Gasteiger charge is 2.15. The quantitative estimate of drug-likeness (QED) is 0.775. The van der Waals surface area contributed by atoms with Crippen LogP contribution in [0.15, 0.2) is 18.2 Å². The van der Waals surface area contributed by atoms with Gasteiger partial charge in [0.05, 0.1) is 13.7 Å². The topological polar surface area (TPSA) is 73.9 Å². The van der Waals surface area contributed by atoms with Gasteiger partial charge in [0.15, 0.2) is 6.61 Å². The Bertz CT molecular complexity index is 506. The highest BCUT2D eigenvalue weighted by Crippen LogP contribution is 2.23. The van der Waals surface area contributed by atoms with Crippen molar-refractivity contribution >= 4 is 23.5 Å². The maximum atomic E-state index is 11.7. The molecule has 1 aromatic carbocycles. The smallest absolute Gasteiger partial charge is 0.341 e. The molecule has 0 saturated carbocycles. The summed E-state index contributed by atoms with van der Waals surface area (Å²) in [4.78, 5) is 23.3. The molecule has 1 N–H and O–H groups in total. The number of esters is 1. The molecule has 1 rings (SSSR count). The lowest BCUT2D eigenvalue weighted by molar-refractivity contribution is -0.124. The molecule has 116 valence electrons. The lowest BCUT2D eigenvalue weighted by Crippen LogP contribution is -2.38. The summed E-state index contributed by atoms with van der Waals surface area (Å²) in [5.41, 5.74) is 0.169. The molecule has 6 nitrogen and oxygen atoms in total. The molecule has 21 heavy (non-hydrogen) atoms. The van der Waals surface area contributed by atoms with E-state index in [2.05, 4.69) is 10.1 Å².